The molecular weight excluding hydrogens is 402 g/mol. The summed E-state index contributed by atoms with van der Waals surface area (Å²) in [6.07, 6.45) is 0. The fraction of sp³-hybridized carbons (Fsp3) is 1.00. The van der Waals surface area contributed by atoms with Crippen LogP contribution >= 0.6 is 0 Å². The van der Waals surface area contributed by atoms with E-state index in [1.54, 1.807) is 0 Å². The second-order valence-corrected chi connectivity index (χ2v) is 2.53. The van der Waals surface area contributed by atoms with Crippen molar-refractivity contribution in [3.8, 4) is 0 Å². The fourth-order valence-corrected chi connectivity index (χ4v) is 0. The van der Waals surface area contributed by atoms with Gasteiger partial charge in [-0.3, -0.25) is 0 Å². The maximum atomic E-state index is 2.37. The summed E-state index contributed by atoms with van der Waals surface area (Å²) < 4.78 is 1.94. The Morgan fingerprint density at radius 3 is 1.33 bits per heavy atom. The molecule has 0 heterocycles. The Morgan fingerprint density at radius 2 is 1.33 bits per heavy atom. The third-order valence-corrected chi connectivity index (χ3v) is 0. The molecule has 0 aliphatic carbocycles. The molecule has 0 aromatic rings. The third-order valence-electron chi connectivity index (χ3n) is 0. The van der Waals surface area contributed by atoms with Crippen molar-refractivity contribution in [2.75, 3.05) is 14.1 Å². The number of hydrogen-bond acceptors (Lipinski definition) is 2. The van der Waals surface area contributed by atoms with Gasteiger partial charge in [-0.1, -0.05) is 0 Å². The first kappa shape index (κ1) is 18.0. The summed E-state index contributed by atoms with van der Waals surface area (Å²) in [6, 6.07) is 0. The van der Waals surface area contributed by atoms with Gasteiger partial charge in [-0.25, -0.2) is 0 Å². The van der Waals surface area contributed by atoms with E-state index in [2.05, 4.69) is 16.2 Å². The molecule has 0 aliphatic heterocycles. The molecule has 4 heteroatoms. The number of nitrogens with zero attached hydrogens (tertiary/aromatic N) is 1. The van der Waals surface area contributed by atoms with Crippen molar-refractivity contribution < 1.29 is 5.48 Å². The third kappa shape index (κ3) is 65.1. The summed E-state index contributed by atoms with van der Waals surface area (Å²) in [5.41, 5.74) is 0. The van der Waals surface area contributed by atoms with Crippen LogP contribution < -0.4 is 0 Å². The number of hydrogen-bond donors (Lipinski definition) is 0. The second-order valence-electron chi connectivity index (χ2n) is 0.847. The zero-order valence-corrected chi connectivity index (χ0v) is 12.4. The van der Waals surface area contributed by atoms with Gasteiger partial charge in [0, 0.05) is 0 Å². The molecule has 0 amide bonds. The fourth-order valence-electron chi connectivity index (χ4n) is 0. The minimum Gasteiger partial charge on any atom is -0.870 e. The smallest absolute Gasteiger partial charge is 0 e. The second kappa shape index (κ2) is 8.83. The Balaban J connectivity index is -0.0000000450. The van der Waals surface area contributed by atoms with Crippen LogP contribution in [0.4, 0.5) is 0 Å². The van der Waals surface area contributed by atoms with Crippen molar-refractivity contribution >= 4 is 16.2 Å². The molecule has 0 fully saturated rings. The van der Waals surface area contributed by atoms with E-state index < -0.39 is 0 Å². The zero-order chi connectivity index (χ0) is 3.58. The van der Waals surface area contributed by atoms with E-state index >= 15 is 0 Å². The largest absolute Gasteiger partial charge is 0.870 e. The first-order valence-electron chi connectivity index (χ1n) is 1.09. The molecule has 0 radical (unpaired) electrons. The quantitative estimate of drug-likeness (QED) is 0.490. The molecule has 0 rings (SSSR count). The molecule has 0 saturated heterocycles. The van der Waals surface area contributed by atoms with Crippen molar-refractivity contribution in [1.29, 1.82) is 0 Å². The maximum Gasteiger partial charge on any atom is 0 e. The molecular formula is C2H8NOSeSg-. The molecule has 6 heavy (non-hydrogen) atoms. The summed E-state index contributed by atoms with van der Waals surface area (Å²) in [7, 11) is 3.94. The van der Waals surface area contributed by atoms with Crippen LogP contribution in [0.5, 0.6) is 0 Å². The molecule has 0 bridgehead atoms. The Kier molecular flexibility index (Phi) is 26.5. The van der Waals surface area contributed by atoms with E-state index in [0.717, 1.165) is 0 Å². The topological polar surface area (TPSA) is 33.2 Å². The van der Waals surface area contributed by atoms with E-state index in [1.807, 2.05) is 18.0 Å². The molecule has 1 N–H and O–H groups in total. The molecule has 0 unspecified atom stereocenters. The van der Waals surface area contributed by atoms with E-state index in [9.17, 15) is 0 Å². The van der Waals surface area contributed by atoms with Crippen LogP contribution in [0.15, 0.2) is 0 Å². The van der Waals surface area contributed by atoms with Crippen molar-refractivity contribution in [2.45, 2.75) is 0 Å². The van der Waals surface area contributed by atoms with Gasteiger partial charge in [0.25, 0.3) is 0 Å². The Hall–Kier alpha value is -0.561. The molecule has 0 aromatic carbocycles. The van der Waals surface area contributed by atoms with Crippen LogP contribution in [-0.4, -0.2) is 39.7 Å². The molecule has 0 saturated carbocycles. The summed E-state index contributed by atoms with van der Waals surface area (Å²) >= 11 is 2.37. The summed E-state index contributed by atoms with van der Waals surface area (Å²) in [5, 5.41) is 0. The molecule has 0 atom stereocenters. The van der Waals surface area contributed by atoms with Crippen LogP contribution in [0.25, 0.3) is 0 Å². The first-order valence-corrected chi connectivity index (χ1v) is 1.93. The van der Waals surface area contributed by atoms with Gasteiger partial charge in [0.15, 0.2) is 0 Å². The van der Waals surface area contributed by atoms with E-state index in [4.69, 9.17) is 0 Å². The monoisotopic (exact) mass is 413 g/mol. The van der Waals surface area contributed by atoms with Gasteiger partial charge in [0.1, 0.15) is 0 Å². The predicted octanol–water partition coefficient (Wildman–Crippen LogP) is -0.813. The average Bonchev–Trinajstić information content (AvgIpc) is 0.811. The molecule has 0 aliphatic rings. The summed E-state index contributed by atoms with van der Waals surface area (Å²) in [4.78, 5) is 0. The average molecular weight is 410 g/mol. The van der Waals surface area contributed by atoms with Crippen molar-refractivity contribution in [3.05, 3.63) is 0 Å². The SMILES string of the molecule is CN(C)[SeH].[OH-].[Sg]. The normalized spacial score (nSPS) is 6.00. The Bertz CT molecular complexity index is 18.3. The first-order chi connectivity index (χ1) is 1.73. The van der Waals surface area contributed by atoms with Crippen LogP contribution in [0.1, 0.15) is 0 Å². The standard InChI is InChI=1S/C2H7NSe.H2O.Sg/c1-3(2)4;;/h4H,1-2H3;1H2;/p-1. The van der Waals surface area contributed by atoms with Gasteiger partial charge in [-0.15, -0.1) is 0 Å². The van der Waals surface area contributed by atoms with E-state index in [0.29, 0.717) is 0 Å². The van der Waals surface area contributed by atoms with E-state index in [1.165, 1.54) is 0 Å². The van der Waals surface area contributed by atoms with Gasteiger partial charge < -0.3 is 5.48 Å². The van der Waals surface area contributed by atoms with Gasteiger partial charge in [0.2, 0.25) is 0 Å². The predicted molar refractivity (Wildman–Crippen MR) is 22.8 cm³/mol. The van der Waals surface area contributed by atoms with Crippen molar-refractivity contribution in [3.63, 3.8) is 0 Å². The van der Waals surface area contributed by atoms with E-state index in [-0.39, 0.29) is 5.48 Å². The molecule has 0 spiro atoms. The van der Waals surface area contributed by atoms with Crippen molar-refractivity contribution in [2.24, 2.45) is 0 Å². The molecule has 0 aromatic heterocycles. The minimum absolute atomic E-state index is 0. The summed E-state index contributed by atoms with van der Waals surface area (Å²) in [5.74, 6) is 0. The van der Waals surface area contributed by atoms with Crippen LogP contribution in [0, 0.1) is 0 Å². The van der Waals surface area contributed by atoms with Gasteiger partial charge in [-0.2, -0.15) is 0 Å². The molecule has 36 valence electrons. The van der Waals surface area contributed by atoms with Gasteiger partial charge in [0.05, 0.1) is 0 Å². The van der Waals surface area contributed by atoms with Crippen LogP contribution in [0.3, 0.4) is 0 Å². The van der Waals surface area contributed by atoms with Crippen LogP contribution in [0.2, 0.25) is 0 Å². The minimum atomic E-state index is 0. The van der Waals surface area contributed by atoms with Gasteiger partial charge in [-0.05, 0) is 0 Å². The Morgan fingerprint density at radius 1 is 1.33 bits per heavy atom. The van der Waals surface area contributed by atoms with Crippen molar-refractivity contribution in [1.82, 2.24) is 3.92 Å². The Labute approximate surface area is 40.5 Å². The summed E-state index contributed by atoms with van der Waals surface area (Å²) in [6.45, 7) is 0. The van der Waals surface area contributed by atoms with Gasteiger partial charge >= 0.3 is 34.2 Å². The molecule has 2 nitrogen and oxygen atoms in total. The van der Waals surface area contributed by atoms with Crippen LogP contribution in [-0.2, 0) is 0 Å². The zero-order valence-electron chi connectivity index (χ0n) is 4.05. The number of rotatable bonds is 0. The maximum absolute atomic E-state index is 2.37.